The van der Waals surface area contributed by atoms with E-state index in [4.69, 9.17) is 11.6 Å². The van der Waals surface area contributed by atoms with Crippen molar-refractivity contribution < 1.29 is 28.0 Å². The Morgan fingerprint density at radius 3 is 2.16 bits per heavy atom. The number of hydrogen-bond donors (Lipinski definition) is 5. The van der Waals surface area contributed by atoms with Gasteiger partial charge in [-0.15, -0.1) is 0 Å². The number of aromatic nitrogens is 2. The maximum atomic E-state index is 15.3. The second-order valence-corrected chi connectivity index (χ2v) is 16.9. The molecule has 0 radical (unpaired) electrons. The van der Waals surface area contributed by atoms with Gasteiger partial charge in [-0.05, 0) is 123 Å². The van der Waals surface area contributed by atoms with Gasteiger partial charge in [0.2, 0.25) is 17.8 Å². The molecule has 1 aromatic heterocycles. The van der Waals surface area contributed by atoms with Crippen molar-refractivity contribution in [2.75, 3.05) is 60.6 Å². The molecule has 5 aromatic rings. The fourth-order valence-electron chi connectivity index (χ4n) is 8.50. The molecule has 1 atom stereocenters. The number of anilines is 6. The summed E-state index contributed by atoms with van der Waals surface area (Å²) < 4.78 is 30.0. The molecule has 3 aliphatic rings. The molecule has 0 saturated carbocycles. The standard InChI is InChI=1S/C47H49ClF2N10O4/c1-58(28-29-18-22-59(23-19-29)41-16-10-32(26-38(41)49)36-15-17-42(61)55-46(36)64)35-20-24-60(25-21-35)57-45(63)31-8-13-34(14-9-31)53-47-51-27-39(50)43(56-47)52-33-11-6-30(7-12-33)44(62)54-40-5-3-2-4-37(40)48/h2-14,16,26-27,29,35-36H,15,17-25,28H2,1H3,(H,54,62)(H,57,63)(H,55,61,64)(H2,51,52,53,56). The molecule has 4 heterocycles. The molecule has 17 heteroatoms. The monoisotopic (exact) mass is 890 g/mol. The fourth-order valence-corrected chi connectivity index (χ4v) is 8.68. The normalized spacial score (nSPS) is 17.5. The van der Waals surface area contributed by atoms with Gasteiger partial charge in [-0.1, -0.05) is 29.8 Å². The Morgan fingerprint density at radius 1 is 0.812 bits per heavy atom. The Morgan fingerprint density at radius 2 is 1.48 bits per heavy atom. The summed E-state index contributed by atoms with van der Waals surface area (Å²) in [5.74, 6) is -2.17. The number of rotatable bonds is 13. The van der Waals surface area contributed by atoms with E-state index in [1.807, 2.05) is 11.1 Å². The molecule has 0 spiro atoms. The van der Waals surface area contributed by atoms with E-state index < -0.39 is 11.7 Å². The minimum atomic E-state index is -0.668. The van der Waals surface area contributed by atoms with Crippen LogP contribution in [0.2, 0.25) is 5.02 Å². The number of amides is 4. The van der Waals surface area contributed by atoms with Crippen LogP contribution in [0.15, 0.2) is 97.2 Å². The van der Waals surface area contributed by atoms with Crippen LogP contribution in [0.1, 0.15) is 70.7 Å². The molecular formula is C47H49ClF2N10O4. The van der Waals surface area contributed by atoms with Crippen molar-refractivity contribution in [3.8, 4) is 0 Å². The largest absolute Gasteiger partial charge is 0.369 e. The number of nitrogens with zero attached hydrogens (tertiary/aromatic N) is 5. The highest BCUT2D eigenvalue weighted by molar-refractivity contribution is 6.33. The van der Waals surface area contributed by atoms with Gasteiger partial charge in [0.1, 0.15) is 5.82 Å². The number of piperidine rings is 3. The highest BCUT2D eigenvalue weighted by Crippen LogP contribution is 2.32. The average Bonchev–Trinajstić information content (AvgIpc) is 3.29. The van der Waals surface area contributed by atoms with Crippen LogP contribution in [0.5, 0.6) is 0 Å². The van der Waals surface area contributed by atoms with Crippen molar-refractivity contribution in [3.05, 3.63) is 131 Å². The van der Waals surface area contributed by atoms with E-state index in [2.05, 4.69) is 53.5 Å². The van der Waals surface area contributed by atoms with Crippen LogP contribution in [0.25, 0.3) is 0 Å². The number of halogens is 3. The van der Waals surface area contributed by atoms with E-state index in [0.717, 1.165) is 51.5 Å². The molecule has 0 bridgehead atoms. The summed E-state index contributed by atoms with van der Waals surface area (Å²) in [7, 11) is 2.16. The summed E-state index contributed by atoms with van der Waals surface area (Å²) in [5.41, 5.74) is 6.66. The number of benzene rings is 4. The summed E-state index contributed by atoms with van der Waals surface area (Å²) in [6.07, 6.45) is 5.41. The van der Waals surface area contributed by atoms with Gasteiger partial charge in [0.25, 0.3) is 11.8 Å². The maximum absolute atomic E-state index is 15.3. The van der Waals surface area contributed by atoms with E-state index in [-0.39, 0.29) is 47.6 Å². The molecule has 3 fully saturated rings. The zero-order valence-corrected chi connectivity index (χ0v) is 36.0. The number of hydrogen-bond acceptors (Lipinski definition) is 11. The van der Waals surface area contributed by atoms with E-state index >= 15 is 4.39 Å². The summed E-state index contributed by atoms with van der Waals surface area (Å²) >= 11 is 6.15. The number of hydrazine groups is 1. The number of carbonyl (C=O) groups excluding carboxylic acids is 4. The molecule has 64 heavy (non-hydrogen) atoms. The molecule has 14 nitrogen and oxygen atoms in total. The molecule has 5 N–H and O–H groups in total. The van der Waals surface area contributed by atoms with Crippen molar-refractivity contribution in [2.24, 2.45) is 5.92 Å². The van der Waals surface area contributed by atoms with Crippen LogP contribution in [0.3, 0.4) is 0 Å². The van der Waals surface area contributed by atoms with Gasteiger partial charge in [-0.25, -0.2) is 18.8 Å². The molecule has 1 unspecified atom stereocenters. The first kappa shape index (κ1) is 44.1. The molecular weight excluding hydrogens is 842 g/mol. The second-order valence-electron chi connectivity index (χ2n) is 16.5. The Hall–Kier alpha value is -6.49. The quantitative estimate of drug-likeness (QED) is 0.0739. The lowest BCUT2D eigenvalue weighted by molar-refractivity contribution is -0.134. The fraction of sp³-hybridized carbons (Fsp3) is 0.319. The van der Waals surface area contributed by atoms with E-state index in [0.29, 0.717) is 75.9 Å². The Balaban J connectivity index is 0.756. The van der Waals surface area contributed by atoms with Gasteiger partial charge in [0, 0.05) is 67.7 Å². The predicted molar refractivity (Wildman–Crippen MR) is 242 cm³/mol. The third-order valence-corrected chi connectivity index (χ3v) is 12.5. The zero-order valence-electron chi connectivity index (χ0n) is 35.3. The number of nitrogens with one attached hydrogen (secondary N) is 5. The molecule has 3 saturated heterocycles. The van der Waals surface area contributed by atoms with Gasteiger partial charge in [-0.3, -0.25) is 29.9 Å². The summed E-state index contributed by atoms with van der Waals surface area (Å²) in [6, 6.07) is 25.6. The van der Waals surface area contributed by atoms with Crippen LogP contribution in [-0.4, -0.2) is 89.3 Å². The van der Waals surface area contributed by atoms with Gasteiger partial charge in [-0.2, -0.15) is 4.98 Å². The molecule has 332 valence electrons. The summed E-state index contributed by atoms with van der Waals surface area (Å²) in [5, 5.41) is 13.5. The summed E-state index contributed by atoms with van der Waals surface area (Å²) in [4.78, 5) is 62.6. The van der Waals surface area contributed by atoms with Crippen molar-refractivity contribution in [1.29, 1.82) is 0 Å². The molecule has 3 aliphatic heterocycles. The minimum absolute atomic E-state index is 0.0653. The van der Waals surface area contributed by atoms with Gasteiger partial charge >= 0.3 is 0 Å². The van der Waals surface area contributed by atoms with Crippen LogP contribution in [0, 0.1) is 17.6 Å². The van der Waals surface area contributed by atoms with Crippen LogP contribution >= 0.6 is 11.6 Å². The first-order valence-corrected chi connectivity index (χ1v) is 21.8. The smallest absolute Gasteiger partial charge is 0.265 e. The van der Waals surface area contributed by atoms with E-state index in [9.17, 15) is 23.6 Å². The first-order chi connectivity index (χ1) is 30.9. The number of imide groups is 1. The number of carbonyl (C=O) groups is 4. The van der Waals surface area contributed by atoms with Crippen LogP contribution in [-0.2, 0) is 9.59 Å². The topological polar surface area (TPSA) is 164 Å². The third kappa shape index (κ3) is 10.8. The van der Waals surface area contributed by atoms with Gasteiger partial charge in [0.15, 0.2) is 11.6 Å². The molecule has 4 aromatic carbocycles. The second kappa shape index (κ2) is 19.9. The lowest BCUT2D eigenvalue weighted by atomic mass is 9.90. The van der Waals surface area contributed by atoms with Crippen molar-refractivity contribution in [2.45, 2.75) is 50.5 Å². The molecule has 4 amide bonds. The minimum Gasteiger partial charge on any atom is -0.369 e. The van der Waals surface area contributed by atoms with E-state index in [1.165, 1.54) is 6.07 Å². The van der Waals surface area contributed by atoms with Gasteiger partial charge < -0.3 is 25.8 Å². The third-order valence-electron chi connectivity index (χ3n) is 12.1. The van der Waals surface area contributed by atoms with E-state index in [1.54, 1.807) is 78.9 Å². The first-order valence-electron chi connectivity index (χ1n) is 21.4. The highest BCUT2D eigenvalue weighted by atomic mass is 35.5. The van der Waals surface area contributed by atoms with Crippen molar-refractivity contribution >= 4 is 69.7 Å². The Kier molecular flexibility index (Phi) is 13.7. The Labute approximate surface area is 374 Å². The van der Waals surface area contributed by atoms with Gasteiger partial charge in [0.05, 0.1) is 28.5 Å². The SMILES string of the molecule is CN(CC1CCN(c2ccc(C3CCC(=O)NC3=O)cc2F)CC1)C1CCN(NC(=O)c2ccc(Nc3ncc(F)c(Nc4ccc(C(=O)Nc5ccccc5Cl)cc4)n3)cc2)CC1. The van der Waals surface area contributed by atoms with Crippen LogP contribution in [0.4, 0.5) is 43.3 Å². The van der Waals surface area contributed by atoms with Crippen LogP contribution < -0.4 is 31.6 Å². The predicted octanol–water partition coefficient (Wildman–Crippen LogP) is 7.63. The average molecular weight is 891 g/mol. The lowest BCUT2D eigenvalue weighted by Crippen LogP contribution is -2.51. The maximum Gasteiger partial charge on any atom is 0.265 e. The molecule has 8 rings (SSSR count). The highest BCUT2D eigenvalue weighted by Gasteiger charge is 2.31. The van der Waals surface area contributed by atoms with Crippen molar-refractivity contribution in [3.63, 3.8) is 0 Å². The summed E-state index contributed by atoms with van der Waals surface area (Å²) in [6.45, 7) is 3.88. The molecule has 0 aliphatic carbocycles. The Bertz CT molecular complexity index is 2500. The van der Waals surface area contributed by atoms with Crippen molar-refractivity contribution in [1.82, 2.24) is 30.6 Å². The number of para-hydroxylation sites is 1. The zero-order chi connectivity index (χ0) is 44.7. The lowest BCUT2D eigenvalue weighted by Gasteiger charge is -2.40.